The standard InChI is InChI=1S/C19H24F2N2/c1-11(2)15-9-17(23-18(10-15)19(20)21)6-12(3)16-7-13(4)22-14(5)8-16/h7-12,19H,6H2,1-5H3. The molecule has 0 saturated heterocycles. The zero-order valence-corrected chi connectivity index (χ0v) is 14.4. The van der Waals surface area contributed by atoms with Crippen LogP contribution < -0.4 is 0 Å². The SMILES string of the molecule is Cc1cc(C(C)Cc2cc(C(C)C)cc(C(F)F)n2)cc(C)n1. The molecule has 4 heteroatoms. The van der Waals surface area contributed by atoms with Gasteiger partial charge in [0.2, 0.25) is 0 Å². The largest absolute Gasteiger partial charge is 0.280 e. The Balaban J connectivity index is 2.31. The van der Waals surface area contributed by atoms with Gasteiger partial charge in [0.1, 0.15) is 5.69 Å². The summed E-state index contributed by atoms with van der Waals surface area (Å²) in [7, 11) is 0. The summed E-state index contributed by atoms with van der Waals surface area (Å²) < 4.78 is 26.2. The van der Waals surface area contributed by atoms with Crippen LogP contribution in [0.5, 0.6) is 0 Å². The molecule has 0 saturated carbocycles. The first-order valence-corrected chi connectivity index (χ1v) is 8.00. The van der Waals surface area contributed by atoms with Crippen molar-refractivity contribution in [3.8, 4) is 0 Å². The topological polar surface area (TPSA) is 25.8 Å². The lowest BCUT2D eigenvalue weighted by atomic mass is 9.93. The molecule has 1 atom stereocenters. The third-order valence-electron chi connectivity index (χ3n) is 4.00. The molecular weight excluding hydrogens is 294 g/mol. The van der Waals surface area contributed by atoms with Crippen LogP contribution in [0.1, 0.15) is 72.9 Å². The number of halogens is 2. The summed E-state index contributed by atoms with van der Waals surface area (Å²) in [4.78, 5) is 8.54. The highest BCUT2D eigenvalue weighted by Gasteiger charge is 2.16. The van der Waals surface area contributed by atoms with E-state index in [-0.39, 0.29) is 17.5 Å². The molecule has 0 aliphatic heterocycles. The van der Waals surface area contributed by atoms with Gasteiger partial charge in [0, 0.05) is 17.1 Å². The maximum Gasteiger partial charge on any atom is 0.280 e. The lowest BCUT2D eigenvalue weighted by Crippen LogP contribution is -2.06. The first kappa shape index (κ1) is 17.5. The van der Waals surface area contributed by atoms with Gasteiger partial charge in [0.15, 0.2) is 0 Å². The van der Waals surface area contributed by atoms with Gasteiger partial charge in [-0.15, -0.1) is 0 Å². The zero-order chi connectivity index (χ0) is 17.1. The molecule has 124 valence electrons. The molecule has 2 aromatic heterocycles. The molecule has 0 N–H and O–H groups in total. The van der Waals surface area contributed by atoms with Crippen molar-refractivity contribution in [3.63, 3.8) is 0 Å². The van der Waals surface area contributed by atoms with Crippen molar-refractivity contribution in [3.05, 3.63) is 58.2 Å². The van der Waals surface area contributed by atoms with Crippen LogP contribution in [0.4, 0.5) is 8.78 Å². The highest BCUT2D eigenvalue weighted by Crippen LogP contribution is 2.26. The highest BCUT2D eigenvalue weighted by molar-refractivity contribution is 5.28. The van der Waals surface area contributed by atoms with E-state index in [1.54, 1.807) is 0 Å². The lowest BCUT2D eigenvalue weighted by Gasteiger charge is -2.16. The fourth-order valence-electron chi connectivity index (χ4n) is 2.77. The number of rotatable bonds is 5. The van der Waals surface area contributed by atoms with Gasteiger partial charge in [0.05, 0.1) is 0 Å². The molecule has 2 rings (SSSR count). The van der Waals surface area contributed by atoms with E-state index in [1.807, 2.05) is 33.8 Å². The average Bonchev–Trinajstić information content (AvgIpc) is 2.45. The summed E-state index contributed by atoms with van der Waals surface area (Å²) in [6.07, 6.45) is -1.89. The molecule has 1 unspecified atom stereocenters. The Morgan fingerprint density at radius 3 is 2.00 bits per heavy atom. The lowest BCUT2D eigenvalue weighted by molar-refractivity contribution is 0.145. The normalized spacial score (nSPS) is 12.9. The Bertz CT molecular complexity index is 635. The van der Waals surface area contributed by atoms with E-state index in [0.717, 1.165) is 22.6 Å². The molecular formula is C19H24F2N2. The summed E-state index contributed by atoms with van der Waals surface area (Å²) >= 11 is 0. The van der Waals surface area contributed by atoms with Crippen LogP contribution in [0.3, 0.4) is 0 Å². The molecule has 2 aromatic rings. The Hall–Kier alpha value is -1.84. The fourth-order valence-corrected chi connectivity index (χ4v) is 2.77. The molecule has 0 aromatic carbocycles. The van der Waals surface area contributed by atoms with Crippen LogP contribution in [0.25, 0.3) is 0 Å². The summed E-state index contributed by atoms with van der Waals surface area (Å²) in [6, 6.07) is 7.58. The predicted molar refractivity (Wildman–Crippen MR) is 89.1 cm³/mol. The number of alkyl halides is 2. The van der Waals surface area contributed by atoms with Crippen LogP contribution in [0.2, 0.25) is 0 Å². The van der Waals surface area contributed by atoms with Crippen molar-refractivity contribution in [2.75, 3.05) is 0 Å². The predicted octanol–water partition coefficient (Wildman–Crippen LogP) is 5.50. The van der Waals surface area contributed by atoms with Crippen LogP contribution in [0, 0.1) is 13.8 Å². The number of aryl methyl sites for hydroxylation is 2. The van der Waals surface area contributed by atoms with Crippen LogP contribution in [-0.4, -0.2) is 9.97 Å². The van der Waals surface area contributed by atoms with Crippen LogP contribution in [0.15, 0.2) is 24.3 Å². The molecule has 0 aliphatic rings. The van der Waals surface area contributed by atoms with Crippen molar-refractivity contribution in [2.45, 2.75) is 59.3 Å². The first-order valence-electron chi connectivity index (χ1n) is 8.00. The number of hydrogen-bond donors (Lipinski definition) is 0. The highest BCUT2D eigenvalue weighted by atomic mass is 19.3. The van der Waals surface area contributed by atoms with Gasteiger partial charge in [0.25, 0.3) is 6.43 Å². The second-order valence-electron chi connectivity index (χ2n) is 6.56. The summed E-state index contributed by atoms with van der Waals surface area (Å²) in [5, 5.41) is 0. The van der Waals surface area contributed by atoms with Gasteiger partial charge < -0.3 is 0 Å². The van der Waals surface area contributed by atoms with Crippen molar-refractivity contribution < 1.29 is 8.78 Å². The smallest absolute Gasteiger partial charge is 0.258 e. The third-order valence-corrected chi connectivity index (χ3v) is 4.00. The van der Waals surface area contributed by atoms with Gasteiger partial charge in [-0.3, -0.25) is 9.97 Å². The molecule has 0 spiro atoms. The Kier molecular flexibility index (Phi) is 5.45. The van der Waals surface area contributed by atoms with E-state index in [0.29, 0.717) is 6.42 Å². The second kappa shape index (κ2) is 7.16. The van der Waals surface area contributed by atoms with Gasteiger partial charge in [-0.2, -0.15) is 0 Å². The number of hydrogen-bond acceptors (Lipinski definition) is 2. The molecule has 0 bridgehead atoms. The Labute approximate surface area is 137 Å². The average molecular weight is 318 g/mol. The van der Waals surface area contributed by atoms with Gasteiger partial charge in [-0.25, -0.2) is 8.78 Å². The maximum absolute atomic E-state index is 13.1. The maximum atomic E-state index is 13.1. The third kappa shape index (κ3) is 4.57. The molecule has 0 amide bonds. The van der Waals surface area contributed by atoms with E-state index in [1.165, 1.54) is 11.6 Å². The van der Waals surface area contributed by atoms with E-state index in [9.17, 15) is 8.78 Å². The zero-order valence-electron chi connectivity index (χ0n) is 14.4. The molecule has 2 nitrogen and oxygen atoms in total. The molecule has 0 radical (unpaired) electrons. The summed E-state index contributed by atoms with van der Waals surface area (Å²) in [5.41, 5.74) is 4.64. The van der Waals surface area contributed by atoms with Gasteiger partial charge in [-0.05, 0) is 67.5 Å². The van der Waals surface area contributed by atoms with E-state index < -0.39 is 6.43 Å². The van der Waals surface area contributed by atoms with E-state index in [4.69, 9.17) is 0 Å². The Morgan fingerprint density at radius 2 is 1.48 bits per heavy atom. The number of pyridine rings is 2. The van der Waals surface area contributed by atoms with Gasteiger partial charge in [-0.1, -0.05) is 20.8 Å². The summed E-state index contributed by atoms with van der Waals surface area (Å²) in [5.74, 6) is 0.408. The minimum Gasteiger partial charge on any atom is -0.258 e. The first-order chi connectivity index (χ1) is 10.8. The van der Waals surface area contributed by atoms with Crippen molar-refractivity contribution in [1.82, 2.24) is 9.97 Å². The molecule has 0 fully saturated rings. The molecule has 0 aliphatic carbocycles. The van der Waals surface area contributed by atoms with Crippen molar-refractivity contribution >= 4 is 0 Å². The molecule has 2 heterocycles. The van der Waals surface area contributed by atoms with Gasteiger partial charge >= 0.3 is 0 Å². The number of aromatic nitrogens is 2. The van der Waals surface area contributed by atoms with E-state index >= 15 is 0 Å². The Morgan fingerprint density at radius 1 is 0.870 bits per heavy atom. The second-order valence-corrected chi connectivity index (χ2v) is 6.56. The quantitative estimate of drug-likeness (QED) is 0.727. The monoisotopic (exact) mass is 318 g/mol. The molecule has 23 heavy (non-hydrogen) atoms. The fraction of sp³-hybridized carbons (Fsp3) is 0.474. The van der Waals surface area contributed by atoms with Crippen molar-refractivity contribution in [1.29, 1.82) is 0 Å². The minimum atomic E-state index is -2.53. The minimum absolute atomic E-state index is 0.125. The number of nitrogens with zero attached hydrogens (tertiary/aromatic N) is 2. The van der Waals surface area contributed by atoms with Crippen molar-refractivity contribution in [2.24, 2.45) is 0 Å². The van der Waals surface area contributed by atoms with Crippen LogP contribution in [-0.2, 0) is 6.42 Å². The summed E-state index contributed by atoms with van der Waals surface area (Å²) in [6.45, 7) is 10.0. The van der Waals surface area contributed by atoms with Crippen LogP contribution >= 0.6 is 0 Å². The van der Waals surface area contributed by atoms with E-state index in [2.05, 4.69) is 29.0 Å².